The van der Waals surface area contributed by atoms with Crippen molar-refractivity contribution in [2.75, 3.05) is 0 Å². The molecule has 0 aliphatic carbocycles. The van der Waals surface area contributed by atoms with Gasteiger partial charge in [-0.3, -0.25) is 4.79 Å². The van der Waals surface area contributed by atoms with E-state index in [0.717, 1.165) is 32.7 Å². The van der Waals surface area contributed by atoms with Crippen molar-refractivity contribution in [1.29, 1.82) is 0 Å². The van der Waals surface area contributed by atoms with Gasteiger partial charge in [-0.2, -0.15) is 5.10 Å². The molecule has 4 aromatic carbocycles. The van der Waals surface area contributed by atoms with Crippen molar-refractivity contribution in [3.63, 3.8) is 0 Å². The maximum atomic E-state index is 13.0. The highest BCUT2D eigenvalue weighted by Gasteiger charge is 2.11. The SMILES string of the molecule is O=C(Cc1ccc(F)cc1)N/N=C\c1c2ccccc2c(Cl)c2ccccc12. The van der Waals surface area contributed by atoms with Crippen LogP contribution < -0.4 is 5.43 Å². The van der Waals surface area contributed by atoms with Crippen molar-refractivity contribution in [2.24, 2.45) is 5.10 Å². The van der Waals surface area contributed by atoms with Crippen molar-refractivity contribution >= 4 is 45.3 Å². The Morgan fingerprint density at radius 3 is 2.00 bits per heavy atom. The molecule has 4 aromatic rings. The Hall–Kier alpha value is -3.24. The third-order valence-electron chi connectivity index (χ3n) is 4.57. The van der Waals surface area contributed by atoms with Gasteiger partial charge in [-0.1, -0.05) is 72.3 Å². The summed E-state index contributed by atoms with van der Waals surface area (Å²) >= 11 is 6.59. The van der Waals surface area contributed by atoms with E-state index in [1.165, 1.54) is 12.1 Å². The smallest absolute Gasteiger partial charge is 0.244 e. The zero-order valence-electron chi connectivity index (χ0n) is 14.8. The molecule has 0 radical (unpaired) electrons. The van der Waals surface area contributed by atoms with Gasteiger partial charge in [0.1, 0.15) is 5.82 Å². The lowest BCUT2D eigenvalue weighted by atomic mass is 9.97. The largest absolute Gasteiger partial charge is 0.273 e. The molecule has 0 bridgehead atoms. The van der Waals surface area contributed by atoms with E-state index in [9.17, 15) is 9.18 Å². The van der Waals surface area contributed by atoms with E-state index in [0.29, 0.717) is 5.02 Å². The summed E-state index contributed by atoms with van der Waals surface area (Å²) in [4.78, 5) is 12.1. The van der Waals surface area contributed by atoms with Gasteiger partial charge in [0.05, 0.1) is 17.7 Å². The van der Waals surface area contributed by atoms with Crippen LogP contribution in [0.2, 0.25) is 5.02 Å². The van der Waals surface area contributed by atoms with Gasteiger partial charge in [0, 0.05) is 16.3 Å². The van der Waals surface area contributed by atoms with E-state index >= 15 is 0 Å². The summed E-state index contributed by atoms with van der Waals surface area (Å²) in [6.07, 6.45) is 1.77. The Balaban J connectivity index is 1.64. The fraction of sp³-hybridized carbons (Fsp3) is 0.0435. The predicted octanol–water partition coefficient (Wildman–Crippen LogP) is 5.48. The zero-order chi connectivity index (χ0) is 19.5. The minimum Gasteiger partial charge on any atom is -0.273 e. The molecular formula is C23H16ClFN2O. The van der Waals surface area contributed by atoms with Crippen LogP contribution >= 0.6 is 11.6 Å². The van der Waals surface area contributed by atoms with Crippen molar-refractivity contribution in [3.8, 4) is 0 Å². The molecule has 3 nitrogen and oxygen atoms in total. The van der Waals surface area contributed by atoms with Gasteiger partial charge in [-0.05, 0) is 28.5 Å². The minimum absolute atomic E-state index is 0.125. The summed E-state index contributed by atoms with van der Waals surface area (Å²) in [7, 11) is 0. The number of hydrazone groups is 1. The highest BCUT2D eigenvalue weighted by atomic mass is 35.5. The van der Waals surface area contributed by atoms with Crippen molar-refractivity contribution in [3.05, 3.63) is 94.8 Å². The number of carbonyl (C=O) groups is 1. The molecular weight excluding hydrogens is 375 g/mol. The lowest BCUT2D eigenvalue weighted by Gasteiger charge is -2.10. The summed E-state index contributed by atoms with van der Waals surface area (Å²) < 4.78 is 13.0. The van der Waals surface area contributed by atoms with Gasteiger partial charge in [-0.25, -0.2) is 9.82 Å². The number of halogens is 2. The summed E-state index contributed by atoms with van der Waals surface area (Å²) in [6, 6.07) is 21.5. The maximum Gasteiger partial charge on any atom is 0.244 e. The molecule has 4 rings (SSSR count). The predicted molar refractivity (Wildman–Crippen MR) is 112 cm³/mol. The summed E-state index contributed by atoms with van der Waals surface area (Å²) in [5.74, 6) is -0.603. The van der Waals surface area contributed by atoms with Crippen LogP contribution in [0.25, 0.3) is 21.5 Å². The first-order chi connectivity index (χ1) is 13.6. The average Bonchev–Trinajstić information content (AvgIpc) is 2.72. The number of nitrogens with one attached hydrogen (secondary N) is 1. The van der Waals surface area contributed by atoms with Gasteiger partial charge in [0.15, 0.2) is 0 Å². The first-order valence-corrected chi connectivity index (χ1v) is 9.16. The molecule has 0 spiro atoms. The Morgan fingerprint density at radius 1 is 0.893 bits per heavy atom. The minimum atomic E-state index is -0.330. The molecule has 0 unspecified atom stereocenters. The quantitative estimate of drug-likeness (QED) is 0.280. The number of hydrogen-bond acceptors (Lipinski definition) is 2. The highest BCUT2D eigenvalue weighted by molar-refractivity contribution is 6.42. The molecule has 0 aromatic heterocycles. The monoisotopic (exact) mass is 390 g/mol. The van der Waals surface area contributed by atoms with Crippen molar-refractivity contribution in [2.45, 2.75) is 6.42 Å². The molecule has 0 saturated heterocycles. The molecule has 5 heteroatoms. The van der Waals surface area contributed by atoms with Gasteiger partial charge in [-0.15, -0.1) is 0 Å². The fourth-order valence-electron chi connectivity index (χ4n) is 3.24. The van der Waals surface area contributed by atoms with Crippen LogP contribution in [-0.2, 0) is 11.2 Å². The molecule has 0 fully saturated rings. The maximum absolute atomic E-state index is 13.0. The van der Waals surface area contributed by atoms with Gasteiger partial charge >= 0.3 is 0 Å². The van der Waals surface area contributed by atoms with Crippen LogP contribution in [0.15, 0.2) is 77.9 Å². The second-order valence-electron chi connectivity index (χ2n) is 6.42. The van der Waals surface area contributed by atoms with Gasteiger partial charge in [0.2, 0.25) is 5.91 Å². The number of fused-ring (bicyclic) bond motifs is 2. The van der Waals surface area contributed by atoms with Gasteiger partial charge in [0.25, 0.3) is 0 Å². The number of hydrogen-bond donors (Lipinski definition) is 1. The molecule has 0 atom stereocenters. The van der Waals surface area contributed by atoms with Crippen LogP contribution in [0.5, 0.6) is 0 Å². The number of rotatable bonds is 4. The third kappa shape index (κ3) is 3.59. The summed E-state index contributed by atoms with van der Waals surface area (Å²) in [5, 5.41) is 8.63. The highest BCUT2D eigenvalue weighted by Crippen LogP contribution is 2.35. The molecule has 0 aliphatic heterocycles. The van der Waals surface area contributed by atoms with E-state index < -0.39 is 0 Å². The molecule has 28 heavy (non-hydrogen) atoms. The first-order valence-electron chi connectivity index (χ1n) is 8.79. The molecule has 0 saturated carbocycles. The lowest BCUT2D eigenvalue weighted by Crippen LogP contribution is -2.19. The van der Waals surface area contributed by atoms with Gasteiger partial charge < -0.3 is 0 Å². The Kier molecular flexibility index (Phi) is 5.04. The van der Waals surface area contributed by atoms with E-state index in [1.807, 2.05) is 48.5 Å². The number of carbonyl (C=O) groups excluding carboxylic acids is 1. The average molecular weight is 391 g/mol. The van der Waals surface area contributed by atoms with E-state index in [1.54, 1.807) is 18.3 Å². The zero-order valence-corrected chi connectivity index (χ0v) is 15.6. The molecule has 0 heterocycles. The molecule has 1 amide bonds. The van der Waals surface area contributed by atoms with Crippen LogP contribution in [0.3, 0.4) is 0 Å². The summed E-state index contributed by atoms with van der Waals surface area (Å²) in [5.41, 5.74) is 4.15. The van der Waals surface area contributed by atoms with E-state index in [-0.39, 0.29) is 18.1 Å². The second kappa shape index (κ2) is 7.79. The molecule has 1 N–H and O–H groups in total. The number of amides is 1. The van der Waals surface area contributed by atoms with Crippen LogP contribution in [-0.4, -0.2) is 12.1 Å². The fourth-order valence-corrected chi connectivity index (χ4v) is 3.57. The standard InChI is InChI=1S/C23H16ClFN2O/c24-23-19-7-3-1-5-17(19)21(18-6-2-4-8-20(18)23)14-26-27-22(28)13-15-9-11-16(25)12-10-15/h1-12,14H,13H2,(H,27,28)/b26-14-. The topological polar surface area (TPSA) is 41.5 Å². The Bertz CT molecular complexity index is 1150. The summed E-state index contributed by atoms with van der Waals surface area (Å²) in [6.45, 7) is 0. The van der Waals surface area contributed by atoms with Crippen LogP contribution in [0.1, 0.15) is 11.1 Å². The van der Waals surface area contributed by atoms with E-state index in [4.69, 9.17) is 11.6 Å². The Morgan fingerprint density at radius 2 is 1.43 bits per heavy atom. The van der Waals surface area contributed by atoms with E-state index in [2.05, 4.69) is 10.5 Å². The van der Waals surface area contributed by atoms with Crippen LogP contribution in [0.4, 0.5) is 4.39 Å². The lowest BCUT2D eigenvalue weighted by molar-refractivity contribution is -0.120. The Labute approximate surface area is 166 Å². The van der Waals surface area contributed by atoms with Crippen molar-refractivity contribution < 1.29 is 9.18 Å². The molecule has 0 aliphatic rings. The number of benzene rings is 4. The normalized spacial score (nSPS) is 11.4. The second-order valence-corrected chi connectivity index (χ2v) is 6.79. The van der Waals surface area contributed by atoms with Crippen LogP contribution in [0, 0.1) is 5.82 Å². The number of nitrogens with zero attached hydrogens (tertiary/aromatic N) is 1. The first kappa shape index (κ1) is 18.1. The molecule has 138 valence electrons. The van der Waals surface area contributed by atoms with Crippen molar-refractivity contribution in [1.82, 2.24) is 5.43 Å². The third-order valence-corrected chi connectivity index (χ3v) is 4.98.